The Bertz CT molecular complexity index is 945. The Morgan fingerprint density at radius 1 is 1.04 bits per heavy atom. The van der Waals surface area contributed by atoms with E-state index in [-0.39, 0.29) is 5.56 Å². The Hall–Kier alpha value is -3.61. The fourth-order valence-electron chi connectivity index (χ4n) is 2.38. The molecule has 0 aliphatic rings. The summed E-state index contributed by atoms with van der Waals surface area (Å²) in [7, 11) is 0. The van der Waals surface area contributed by atoms with Crippen LogP contribution in [0.4, 0.5) is 24.8 Å². The van der Waals surface area contributed by atoms with Gasteiger partial charge in [-0.2, -0.15) is 23.1 Å². The Kier molecular flexibility index (Phi) is 5.21. The molecule has 2 N–H and O–H groups in total. The van der Waals surface area contributed by atoms with Crippen LogP contribution in [0.2, 0.25) is 0 Å². The van der Waals surface area contributed by atoms with Gasteiger partial charge in [0.25, 0.3) is 0 Å². The number of rotatable bonds is 6. The minimum Gasteiger partial charge on any atom is -0.382 e. The maximum atomic E-state index is 12.7. The molecule has 27 heavy (non-hydrogen) atoms. The summed E-state index contributed by atoms with van der Waals surface area (Å²) in [6.07, 6.45) is -4.49. The third-order valence-electron chi connectivity index (χ3n) is 3.66. The topological polar surface area (TPSA) is 91.4 Å². The summed E-state index contributed by atoms with van der Waals surface area (Å²) < 4.78 is 39.7. The molecule has 0 aliphatic heterocycles. The molecule has 0 unspecified atom stereocenters. The first-order valence-corrected chi connectivity index (χ1v) is 7.92. The Morgan fingerprint density at radius 2 is 1.78 bits per heavy atom. The second-order valence-corrected chi connectivity index (χ2v) is 5.47. The van der Waals surface area contributed by atoms with Crippen molar-refractivity contribution in [3.05, 3.63) is 59.7 Å². The molecule has 0 bridgehead atoms. The van der Waals surface area contributed by atoms with Gasteiger partial charge < -0.3 is 10.6 Å². The molecule has 138 valence electrons. The minimum atomic E-state index is -4.49. The van der Waals surface area contributed by atoms with Gasteiger partial charge in [-0.05, 0) is 40.8 Å². The monoisotopic (exact) mass is 373 g/mol. The lowest BCUT2D eigenvalue weighted by atomic mass is 10.1. The van der Waals surface area contributed by atoms with Gasteiger partial charge in [-0.25, -0.2) is 0 Å². The number of nitriles is 1. The standard InChI is InChI=1S/C17H14F3N7/c18-17(19,20)13-6-7-15(12(10-13)11-21)22-8-9-23-16-24-25-26-27(16)14-4-2-1-3-5-14/h1-7,10,22H,8-9H2,(H,23,24,26). The predicted octanol–water partition coefficient (Wildman–Crippen LogP) is 3.08. The molecule has 0 amide bonds. The molecular weight excluding hydrogens is 359 g/mol. The van der Waals surface area contributed by atoms with Crippen molar-refractivity contribution >= 4 is 11.6 Å². The van der Waals surface area contributed by atoms with Crippen molar-refractivity contribution in [2.24, 2.45) is 0 Å². The van der Waals surface area contributed by atoms with E-state index in [1.54, 1.807) is 6.07 Å². The third-order valence-corrected chi connectivity index (χ3v) is 3.66. The van der Waals surface area contributed by atoms with Crippen LogP contribution in [0.3, 0.4) is 0 Å². The maximum Gasteiger partial charge on any atom is 0.416 e. The van der Waals surface area contributed by atoms with Gasteiger partial charge in [0.2, 0.25) is 5.95 Å². The fourth-order valence-corrected chi connectivity index (χ4v) is 2.38. The summed E-state index contributed by atoms with van der Waals surface area (Å²) in [6.45, 7) is 0.737. The summed E-state index contributed by atoms with van der Waals surface area (Å²) in [5.41, 5.74) is 0.186. The molecule has 7 nitrogen and oxygen atoms in total. The van der Waals surface area contributed by atoms with Gasteiger partial charge in [-0.15, -0.1) is 0 Å². The zero-order chi connectivity index (χ0) is 19.3. The first kappa shape index (κ1) is 18.2. The van der Waals surface area contributed by atoms with Gasteiger partial charge in [0.1, 0.15) is 6.07 Å². The zero-order valence-electron chi connectivity index (χ0n) is 13.9. The van der Waals surface area contributed by atoms with Crippen LogP contribution in [0, 0.1) is 11.3 Å². The van der Waals surface area contributed by atoms with Gasteiger partial charge in [-0.1, -0.05) is 23.3 Å². The normalized spacial score (nSPS) is 11.0. The number of para-hydroxylation sites is 1. The van der Waals surface area contributed by atoms with Crippen molar-refractivity contribution in [1.82, 2.24) is 20.2 Å². The molecular formula is C17H14F3N7. The second-order valence-electron chi connectivity index (χ2n) is 5.47. The molecule has 3 rings (SSSR count). The third kappa shape index (κ3) is 4.33. The first-order valence-electron chi connectivity index (χ1n) is 7.92. The molecule has 10 heteroatoms. The van der Waals surface area contributed by atoms with Crippen LogP contribution in [0.15, 0.2) is 48.5 Å². The van der Waals surface area contributed by atoms with E-state index >= 15 is 0 Å². The fraction of sp³-hybridized carbons (Fsp3) is 0.176. The SMILES string of the molecule is N#Cc1cc(C(F)(F)F)ccc1NCCNc1nnnn1-c1ccccc1. The summed E-state index contributed by atoms with van der Waals surface area (Å²) in [4.78, 5) is 0. The van der Waals surface area contributed by atoms with Crippen LogP contribution < -0.4 is 10.6 Å². The maximum absolute atomic E-state index is 12.7. The lowest BCUT2D eigenvalue weighted by molar-refractivity contribution is -0.137. The van der Waals surface area contributed by atoms with E-state index in [0.29, 0.717) is 24.7 Å². The van der Waals surface area contributed by atoms with Crippen LogP contribution in [-0.2, 0) is 6.18 Å². The molecule has 0 saturated heterocycles. The smallest absolute Gasteiger partial charge is 0.382 e. The molecule has 0 fully saturated rings. The Labute approximate surface area is 152 Å². The summed E-state index contributed by atoms with van der Waals surface area (Å²) in [5, 5.41) is 26.5. The van der Waals surface area contributed by atoms with Crippen LogP contribution in [0.1, 0.15) is 11.1 Å². The minimum absolute atomic E-state index is 0.0704. The number of tetrazole rings is 1. The summed E-state index contributed by atoms with van der Waals surface area (Å²) in [5.74, 6) is 0.427. The number of hydrogen-bond donors (Lipinski definition) is 2. The molecule has 3 aromatic rings. The van der Waals surface area contributed by atoms with Gasteiger partial charge in [-0.3, -0.25) is 0 Å². The van der Waals surface area contributed by atoms with Gasteiger partial charge in [0.05, 0.1) is 22.5 Å². The average Bonchev–Trinajstić information content (AvgIpc) is 3.13. The largest absolute Gasteiger partial charge is 0.416 e. The highest BCUT2D eigenvalue weighted by molar-refractivity contribution is 5.59. The number of benzene rings is 2. The van der Waals surface area contributed by atoms with Crippen LogP contribution in [-0.4, -0.2) is 33.3 Å². The van der Waals surface area contributed by atoms with E-state index in [9.17, 15) is 13.2 Å². The average molecular weight is 373 g/mol. The first-order chi connectivity index (χ1) is 13.0. The van der Waals surface area contributed by atoms with Gasteiger partial charge >= 0.3 is 6.18 Å². The number of nitrogens with zero attached hydrogens (tertiary/aromatic N) is 5. The highest BCUT2D eigenvalue weighted by Crippen LogP contribution is 2.31. The lowest BCUT2D eigenvalue weighted by Gasteiger charge is -2.12. The molecule has 0 saturated carbocycles. The Morgan fingerprint density at radius 3 is 2.48 bits per heavy atom. The number of hydrogen-bond acceptors (Lipinski definition) is 6. The van der Waals surface area contributed by atoms with Crippen molar-refractivity contribution in [1.29, 1.82) is 5.26 Å². The number of aromatic nitrogens is 4. The van der Waals surface area contributed by atoms with E-state index in [0.717, 1.165) is 17.8 Å². The second kappa shape index (κ2) is 7.74. The lowest BCUT2D eigenvalue weighted by Crippen LogP contribution is -2.17. The number of anilines is 2. The number of alkyl halides is 3. The van der Waals surface area contributed by atoms with Crippen molar-refractivity contribution in [3.63, 3.8) is 0 Å². The van der Waals surface area contributed by atoms with Crippen LogP contribution in [0.5, 0.6) is 0 Å². The predicted molar refractivity (Wildman–Crippen MR) is 92.3 cm³/mol. The van der Waals surface area contributed by atoms with Crippen molar-refractivity contribution in [2.45, 2.75) is 6.18 Å². The number of nitrogens with one attached hydrogen (secondary N) is 2. The Balaban J connectivity index is 1.61. The number of halogens is 3. The zero-order valence-corrected chi connectivity index (χ0v) is 13.9. The van der Waals surface area contributed by atoms with E-state index in [1.165, 1.54) is 10.7 Å². The highest BCUT2D eigenvalue weighted by Gasteiger charge is 2.31. The molecule has 0 radical (unpaired) electrons. The van der Waals surface area contributed by atoms with E-state index in [1.807, 2.05) is 30.3 Å². The summed E-state index contributed by atoms with van der Waals surface area (Å²) >= 11 is 0. The molecule has 0 spiro atoms. The molecule has 1 aromatic heterocycles. The van der Waals surface area contributed by atoms with Crippen LogP contribution >= 0.6 is 0 Å². The van der Waals surface area contributed by atoms with Crippen molar-refractivity contribution < 1.29 is 13.2 Å². The molecule has 0 aliphatic carbocycles. The van der Waals surface area contributed by atoms with Crippen molar-refractivity contribution in [2.75, 3.05) is 23.7 Å². The van der Waals surface area contributed by atoms with Gasteiger partial charge in [0.15, 0.2) is 0 Å². The van der Waals surface area contributed by atoms with Crippen LogP contribution in [0.25, 0.3) is 5.69 Å². The molecule has 2 aromatic carbocycles. The molecule has 0 atom stereocenters. The highest BCUT2D eigenvalue weighted by atomic mass is 19.4. The quantitative estimate of drug-likeness (QED) is 0.645. The molecule has 1 heterocycles. The van der Waals surface area contributed by atoms with Crippen molar-refractivity contribution in [3.8, 4) is 11.8 Å². The van der Waals surface area contributed by atoms with E-state index in [2.05, 4.69) is 26.2 Å². The van der Waals surface area contributed by atoms with E-state index < -0.39 is 11.7 Å². The van der Waals surface area contributed by atoms with E-state index in [4.69, 9.17) is 5.26 Å². The van der Waals surface area contributed by atoms with Gasteiger partial charge in [0, 0.05) is 13.1 Å². The summed E-state index contributed by atoms with van der Waals surface area (Å²) in [6, 6.07) is 14.1.